The Balaban J connectivity index is 2.18. The molecular formula is C15H14Cl2N2O. The standard InChI is InChI=1S/C15H14Cl2N2O/c1-18-15-12(17)8-11(16)13(19-15)10-6-2-4-9-5-3-7-20-14(9)10/h2,4,6,8H,3,5,7H2,1H3,(H,18,19). The van der Waals surface area contributed by atoms with Gasteiger partial charge < -0.3 is 10.1 Å². The summed E-state index contributed by atoms with van der Waals surface area (Å²) >= 11 is 12.4. The topological polar surface area (TPSA) is 34.2 Å². The number of fused-ring (bicyclic) bond motifs is 1. The summed E-state index contributed by atoms with van der Waals surface area (Å²) < 4.78 is 5.82. The predicted octanol–water partition coefficient (Wildman–Crippen LogP) is 4.42. The number of nitrogens with zero attached hydrogens (tertiary/aromatic N) is 1. The van der Waals surface area contributed by atoms with Crippen molar-refractivity contribution in [2.75, 3.05) is 19.0 Å². The fourth-order valence-corrected chi connectivity index (χ4v) is 2.96. The average Bonchev–Trinajstić information content (AvgIpc) is 2.47. The summed E-state index contributed by atoms with van der Waals surface area (Å²) in [5.41, 5.74) is 2.81. The van der Waals surface area contributed by atoms with E-state index in [9.17, 15) is 0 Å². The van der Waals surface area contributed by atoms with Gasteiger partial charge in [0.1, 0.15) is 11.6 Å². The Bertz CT molecular complexity index is 659. The monoisotopic (exact) mass is 308 g/mol. The van der Waals surface area contributed by atoms with Crippen molar-refractivity contribution in [1.29, 1.82) is 0 Å². The van der Waals surface area contributed by atoms with Crippen LogP contribution >= 0.6 is 23.2 Å². The van der Waals surface area contributed by atoms with Gasteiger partial charge in [-0.05, 0) is 30.5 Å². The molecule has 0 atom stereocenters. The van der Waals surface area contributed by atoms with Crippen molar-refractivity contribution >= 4 is 29.0 Å². The van der Waals surface area contributed by atoms with Gasteiger partial charge in [-0.2, -0.15) is 0 Å². The minimum atomic E-state index is 0.506. The molecule has 1 aromatic carbocycles. The maximum Gasteiger partial charge on any atom is 0.145 e. The highest BCUT2D eigenvalue weighted by atomic mass is 35.5. The zero-order valence-electron chi connectivity index (χ0n) is 11.0. The molecule has 3 nitrogen and oxygen atoms in total. The molecule has 0 amide bonds. The lowest BCUT2D eigenvalue weighted by atomic mass is 10.0. The molecule has 0 unspecified atom stereocenters. The molecule has 104 valence electrons. The Morgan fingerprint density at radius 1 is 1.25 bits per heavy atom. The normalized spacial score (nSPS) is 13.6. The number of rotatable bonds is 2. The number of anilines is 1. The van der Waals surface area contributed by atoms with Gasteiger partial charge in [0.15, 0.2) is 0 Å². The highest BCUT2D eigenvalue weighted by Gasteiger charge is 2.19. The van der Waals surface area contributed by atoms with Gasteiger partial charge in [0.05, 0.1) is 22.3 Å². The highest BCUT2D eigenvalue weighted by Crippen LogP contribution is 2.40. The number of halogens is 2. The van der Waals surface area contributed by atoms with Gasteiger partial charge in [0.25, 0.3) is 0 Å². The maximum absolute atomic E-state index is 6.31. The van der Waals surface area contributed by atoms with E-state index in [2.05, 4.69) is 16.4 Å². The van der Waals surface area contributed by atoms with Gasteiger partial charge in [-0.1, -0.05) is 35.3 Å². The zero-order valence-corrected chi connectivity index (χ0v) is 12.6. The van der Waals surface area contributed by atoms with Crippen LogP contribution in [0, 0.1) is 0 Å². The third-order valence-corrected chi connectivity index (χ3v) is 3.93. The summed E-state index contributed by atoms with van der Waals surface area (Å²) in [4.78, 5) is 4.51. The maximum atomic E-state index is 6.31. The summed E-state index contributed by atoms with van der Waals surface area (Å²) in [5, 5.41) is 4.00. The van der Waals surface area contributed by atoms with Gasteiger partial charge in [-0.25, -0.2) is 4.98 Å². The third kappa shape index (κ3) is 2.32. The van der Waals surface area contributed by atoms with Crippen molar-refractivity contribution in [2.24, 2.45) is 0 Å². The largest absolute Gasteiger partial charge is 0.493 e. The number of pyridine rings is 1. The summed E-state index contributed by atoms with van der Waals surface area (Å²) in [5.74, 6) is 1.50. The smallest absolute Gasteiger partial charge is 0.145 e. The van der Waals surface area contributed by atoms with Crippen LogP contribution in [0.4, 0.5) is 5.82 Å². The number of hydrogen-bond donors (Lipinski definition) is 1. The first-order chi connectivity index (χ1) is 9.70. The summed E-state index contributed by atoms with van der Waals surface area (Å²) in [6, 6.07) is 7.78. The van der Waals surface area contributed by atoms with Crippen LogP contribution in [0.25, 0.3) is 11.3 Å². The number of aryl methyl sites for hydroxylation is 1. The lowest BCUT2D eigenvalue weighted by molar-refractivity contribution is 0.289. The van der Waals surface area contributed by atoms with Gasteiger partial charge >= 0.3 is 0 Å². The van der Waals surface area contributed by atoms with Crippen LogP contribution in [0.15, 0.2) is 24.3 Å². The first-order valence-corrected chi connectivity index (χ1v) is 7.25. The number of nitrogens with one attached hydrogen (secondary N) is 1. The van der Waals surface area contributed by atoms with E-state index in [0.717, 1.165) is 30.8 Å². The zero-order chi connectivity index (χ0) is 14.1. The molecule has 0 aliphatic carbocycles. The number of hydrogen-bond acceptors (Lipinski definition) is 3. The van der Waals surface area contributed by atoms with E-state index in [4.69, 9.17) is 27.9 Å². The Labute approximate surface area is 127 Å². The molecule has 0 saturated carbocycles. The number of aromatic nitrogens is 1. The highest BCUT2D eigenvalue weighted by molar-refractivity contribution is 6.37. The van der Waals surface area contributed by atoms with Crippen molar-refractivity contribution in [2.45, 2.75) is 12.8 Å². The molecule has 2 heterocycles. The quantitative estimate of drug-likeness (QED) is 0.891. The molecule has 0 radical (unpaired) electrons. The van der Waals surface area contributed by atoms with E-state index in [1.165, 1.54) is 5.56 Å². The fourth-order valence-electron chi connectivity index (χ4n) is 2.41. The van der Waals surface area contributed by atoms with Crippen LogP contribution in [-0.2, 0) is 6.42 Å². The van der Waals surface area contributed by atoms with Crippen LogP contribution in [0.1, 0.15) is 12.0 Å². The van der Waals surface area contributed by atoms with E-state index in [0.29, 0.717) is 21.6 Å². The fraction of sp³-hybridized carbons (Fsp3) is 0.267. The van der Waals surface area contributed by atoms with Crippen LogP contribution < -0.4 is 10.1 Å². The van der Waals surface area contributed by atoms with Crippen molar-refractivity contribution < 1.29 is 4.74 Å². The molecular weight excluding hydrogens is 295 g/mol. The minimum Gasteiger partial charge on any atom is -0.493 e. The second-order valence-corrected chi connectivity index (χ2v) is 5.46. The van der Waals surface area contributed by atoms with Crippen molar-refractivity contribution in [3.8, 4) is 17.0 Å². The van der Waals surface area contributed by atoms with Crippen LogP contribution in [-0.4, -0.2) is 18.6 Å². The van der Waals surface area contributed by atoms with Gasteiger partial charge in [0.2, 0.25) is 0 Å². The van der Waals surface area contributed by atoms with Crippen molar-refractivity contribution in [3.05, 3.63) is 39.9 Å². The van der Waals surface area contributed by atoms with E-state index < -0.39 is 0 Å². The first-order valence-electron chi connectivity index (χ1n) is 6.49. The second-order valence-electron chi connectivity index (χ2n) is 4.65. The second kappa shape index (κ2) is 5.51. The molecule has 2 aromatic rings. The predicted molar refractivity (Wildman–Crippen MR) is 83.1 cm³/mol. The molecule has 0 spiro atoms. The SMILES string of the molecule is CNc1nc(-c2cccc3c2OCCC3)c(Cl)cc1Cl. The molecule has 0 saturated heterocycles. The molecule has 1 aliphatic heterocycles. The molecule has 0 bridgehead atoms. The van der Waals surface area contributed by atoms with E-state index in [1.54, 1.807) is 13.1 Å². The number of ether oxygens (including phenoxy) is 1. The Hall–Kier alpha value is -1.45. The molecule has 1 N–H and O–H groups in total. The van der Waals surface area contributed by atoms with E-state index in [-0.39, 0.29) is 0 Å². The van der Waals surface area contributed by atoms with Crippen molar-refractivity contribution in [1.82, 2.24) is 4.98 Å². The molecule has 0 fully saturated rings. The third-order valence-electron chi connectivity index (χ3n) is 3.35. The average molecular weight is 309 g/mol. The first kappa shape index (κ1) is 13.5. The van der Waals surface area contributed by atoms with E-state index >= 15 is 0 Å². The molecule has 5 heteroatoms. The summed E-state index contributed by atoms with van der Waals surface area (Å²) in [6.45, 7) is 0.730. The molecule has 1 aliphatic rings. The Kier molecular flexibility index (Phi) is 3.72. The number of benzene rings is 1. The Morgan fingerprint density at radius 2 is 2.10 bits per heavy atom. The Morgan fingerprint density at radius 3 is 2.90 bits per heavy atom. The van der Waals surface area contributed by atoms with E-state index in [1.807, 2.05) is 12.1 Å². The van der Waals surface area contributed by atoms with Gasteiger partial charge in [0, 0.05) is 12.6 Å². The van der Waals surface area contributed by atoms with Crippen molar-refractivity contribution in [3.63, 3.8) is 0 Å². The van der Waals surface area contributed by atoms with Crippen LogP contribution in [0.5, 0.6) is 5.75 Å². The molecule has 3 rings (SSSR count). The molecule has 20 heavy (non-hydrogen) atoms. The van der Waals surface area contributed by atoms with Crippen LogP contribution in [0.2, 0.25) is 10.0 Å². The summed E-state index contributed by atoms with van der Waals surface area (Å²) in [7, 11) is 1.78. The lowest BCUT2D eigenvalue weighted by Crippen LogP contribution is -2.09. The lowest BCUT2D eigenvalue weighted by Gasteiger charge is -2.20. The van der Waals surface area contributed by atoms with Gasteiger partial charge in [-0.15, -0.1) is 0 Å². The minimum absolute atomic E-state index is 0.506. The van der Waals surface area contributed by atoms with Gasteiger partial charge in [-0.3, -0.25) is 0 Å². The van der Waals surface area contributed by atoms with Crippen LogP contribution in [0.3, 0.4) is 0 Å². The number of para-hydroxylation sites is 1. The molecule has 1 aromatic heterocycles. The summed E-state index contributed by atoms with van der Waals surface area (Å²) in [6.07, 6.45) is 2.06.